The molecule has 7 heteroatoms. The van der Waals surface area contributed by atoms with E-state index >= 15 is 0 Å². The highest BCUT2D eigenvalue weighted by Crippen LogP contribution is 2.37. The summed E-state index contributed by atoms with van der Waals surface area (Å²) >= 11 is 0. The maximum atomic E-state index is 12.5. The van der Waals surface area contributed by atoms with Crippen molar-refractivity contribution in [1.29, 1.82) is 5.26 Å². The van der Waals surface area contributed by atoms with Crippen molar-refractivity contribution >= 4 is 11.7 Å². The first-order valence-electron chi connectivity index (χ1n) is 8.85. The van der Waals surface area contributed by atoms with Gasteiger partial charge in [-0.25, -0.2) is 9.97 Å². The van der Waals surface area contributed by atoms with Crippen molar-refractivity contribution in [2.45, 2.75) is 33.2 Å². The lowest BCUT2D eigenvalue weighted by Gasteiger charge is -2.27. The average molecular weight is 352 g/mol. The number of anilines is 1. The molecule has 0 aromatic carbocycles. The fraction of sp³-hybridized carbons (Fsp3) is 0.474. The van der Waals surface area contributed by atoms with E-state index in [0.29, 0.717) is 30.9 Å². The number of imidazole rings is 1. The summed E-state index contributed by atoms with van der Waals surface area (Å²) in [5, 5.41) is 12.8. The minimum absolute atomic E-state index is 0.0673. The first kappa shape index (κ1) is 17.9. The maximum absolute atomic E-state index is 12.5. The molecule has 3 rings (SSSR count). The number of nitrogens with one attached hydrogen (secondary N) is 1. The van der Waals surface area contributed by atoms with Crippen molar-refractivity contribution in [3.05, 3.63) is 41.1 Å². The Morgan fingerprint density at radius 2 is 2.19 bits per heavy atom. The van der Waals surface area contributed by atoms with Crippen LogP contribution in [0.25, 0.3) is 0 Å². The lowest BCUT2D eigenvalue weighted by atomic mass is 9.99. The summed E-state index contributed by atoms with van der Waals surface area (Å²) in [6, 6.07) is 4.05. The van der Waals surface area contributed by atoms with Crippen LogP contribution in [0.1, 0.15) is 42.0 Å². The molecule has 7 nitrogen and oxygen atoms in total. The van der Waals surface area contributed by atoms with E-state index in [9.17, 15) is 10.1 Å². The monoisotopic (exact) mass is 352 g/mol. The van der Waals surface area contributed by atoms with Crippen molar-refractivity contribution in [2.24, 2.45) is 13.0 Å². The van der Waals surface area contributed by atoms with Gasteiger partial charge in [0.2, 0.25) is 5.91 Å². The number of nitriles is 1. The first-order valence-corrected chi connectivity index (χ1v) is 8.85. The van der Waals surface area contributed by atoms with Gasteiger partial charge in [-0.2, -0.15) is 5.26 Å². The van der Waals surface area contributed by atoms with Crippen LogP contribution in [0.5, 0.6) is 0 Å². The summed E-state index contributed by atoms with van der Waals surface area (Å²) in [6.45, 7) is 7.02. The van der Waals surface area contributed by atoms with E-state index in [4.69, 9.17) is 0 Å². The molecule has 26 heavy (non-hydrogen) atoms. The molecule has 0 bridgehead atoms. The van der Waals surface area contributed by atoms with E-state index in [2.05, 4.69) is 21.4 Å². The maximum Gasteiger partial charge on any atom is 0.223 e. The first-order chi connectivity index (χ1) is 12.5. The number of likely N-dealkylation sites (tertiary alicyclic amines) is 1. The van der Waals surface area contributed by atoms with Gasteiger partial charge in [0.15, 0.2) is 0 Å². The Kier molecular flexibility index (Phi) is 4.94. The SMILES string of the molecule is CCN1C(=O)C[C@@H](CNc2nc(C)cc(C)c2C#N)[C@@H]1c1nccn1C. The molecule has 136 valence electrons. The molecule has 2 aromatic heterocycles. The summed E-state index contributed by atoms with van der Waals surface area (Å²) in [4.78, 5) is 23.3. The zero-order chi connectivity index (χ0) is 18.8. The fourth-order valence-electron chi connectivity index (χ4n) is 3.77. The molecule has 0 radical (unpaired) electrons. The predicted octanol–water partition coefficient (Wildman–Crippen LogP) is 2.33. The molecule has 1 fully saturated rings. The summed E-state index contributed by atoms with van der Waals surface area (Å²) < 4.78 is 1.97. The number of aryl methyl sites for hydroxylation is 3. The number of amides is 1. The lowest BCUT2D eigenvalue weighted by Crippen LogP contribution is -2.32. The van der Waals surface area contributed by atoms with E-state index in [0.717, 1.165) is 17.1 Å². The zero-order valence-corrected chi connectivity index (χ0v) is 15.7. The quantitative estimate of drug-likeness (QED) is 0.892. The molecule has 2 aromatic rings. The molecule has 1 N–H and O–H groups in total. The van der Waals surface area contributed by atoms with E-state index in [1.807, 2.05) is 49.5 Å². The van der Waals surface area contributed by atoms with Crippen molar-refractivity contribution in [3.63, 3.8) is 0 Å². The number of carbonyl (C=O) groups is 1. The Hall–Kier alpha value is -2.88. The van der Waals surface area contributed by atoms with Crippen LogP contribution in [0.3, 0.4) is 0 Å². The second kappa shape index (κ2) is 7.16. The molecule has 0 saturated carbocycles. The zero-order valence-electron chi connectivity index (χ0n) is 15.7. The molecule has 0 unspecified atom stereocenters. The van der Waals surface area contributed by atoms with Gasteiger partial charge in [-0.15, -0.1) is 0 Å². The Morgan fingerprint density at radius 1 is 1.42 bits per heavy atom. The standard InChI is InChI=1S/C19H24N6O/c1-5-25-16(26)9-14(17(25)19-21-6-7-24(19)4)11-22-18-15(10-20)12(2)8-13(3)23-18/h6-8,14,17H,5,9,11H2,1-4H3,(H,22,23)/t14-,17+/m0/s1. The van der Waals surface area contributed by atoms with Crippen LogP contribution in [0.4, 0.5) is 5.82 Å². The van der Waals surface area contributed by atoms with Crippen LogP contribution in [0, 0.1) is 31.1 Å². The minimum atomic E-state index is -0.0727. The van der Waals surface area contributed by atoms with Crippen LogP contribution < -0.4 is 5.32 Å². The topological polar surface area (TPSA) is 86.8 Å². The average Bonchev–Trinajstić information content (AvgIpc) is 3.14. The Bertz CT molecular complexity index is 865. The van der Waals surface area contributed by atoms with Gasteiger partial charge >= 0.3 is 0 Å². The molecule has 1 aliphatic heterocycles. The third-order valence-electron chi connectivity index (χ3n) is 4.99. The van der Waals surface area contributed by atoms with Gasteiger partial charge < -0.3 is 14.8 Å². The predicted molar refractivity (Wildman–Crippen MR) is 98.4 cm³/mol. The normalized spacial score (nSPS) is 19.7. The van der Waals surface area contributed by atoms with Gasteiger partial charge in [0.05, 0.1) is 11.6 Å². The molecule has 0 aliphatic carbocycles. The molecule has 1 saturated heterocycles. The summed E-state index contributed by atoms with van der Waals surface area (Å²) in [5.74, 6) is 1.68. The van der Waals surface area contributed by atoms with Crippen molar-refractivity contribution in [3.8, 4) is 6.07 Å². The third-order valence-corrected chi connectivity index (χ3v) is 4.99. The van der Waals surface area contributed by atoms with Gasteiger partial charge in [-0.05, 0) is 32.4 Å². The number of aromatic nitrogens is 3. The number of carbonyl (C=O) groups excluding carboxylic acids is 1. The lowest BCUT2D eigenvalue weighted by molar-refractivity contribution is -0.128. The van der Waals surface area contributed by atoms with Crippen LogP contribution in [-0.4, -0.2) is 38.4 Å². The van der Waals surface area contributed by atoms with Crippen LogP contribution in [0.2, 0.25) is 0 Å². The Labute approximate surface area is 153 Å². The highest BCUT2D eigenvalue weighted by atomic mass is 16.2. The number of rotatable bonds is 5. The van der Waals surface area contributed by atoms with Crippen LogP contribution >= 0.6 is 0 Å². The van der Waals surface area contributed by atoms with Crippen LogP contribution in [0.15, 0.2) is 18.5 Å². The number of hydrogen-bond acceptors (Lipinski definition) is 5. The second-order valence-corrected chi connectivity index (χ2v) is 6.78. The second-order valence-electron chi connectivity index (χ2n) is 6.78. The smallest absolute Gasteiger partial charge is 0.223 e. The van der Waals surface area contributed by atoms with E-state index in [1.54, 1.807) is 6.20 Å². The molecule has 1 amide bonds. The van der Waals surface area contributed by atoms with Crippen molar-refractivity contribution < 1.29 is 4.79 Å². The number of hydrogen-bond donors (Lipinski definition) is 1. The summed E-state index contributed by atoms with van der Waals surface area (Å²) in [5.41, 5.74) is 2.32. The summed E-state index contributed by atoms with van der Waals surface area (Å²) in [7, 11) is 1.95. The van der Waals surface area contributed by atoms with Gasteiger partial charge in [0.1, 0.15) is 17.7 Å². The molecular weight excluding hydrogens is 328 g/mol. The Balaban J connectivity index is 1.86. The largest absolute Gasteiger partial charge is 0.369 e. The van der Waals surface area contributed by atoms with Gasteiger partial charge in [-0.1, -0.05) is 0 Å². The third kappa shape index (κ3) is 3.15. The molecule has 1 aliphatic rings. The Morgan fingerprint density at radius 3 is 2.81 bits per heavy atom. The van der Waals surface area contributed by atoms with Crippen LogP contribution in [-0.2, 0) is 11.8 Å². The van der Waals surface area contributed by atoms with Crippen molar-refractivity contribution in [1.82, 2.24) is 19.4 Å². The molecule has 0 spiro atoms. The highest BCUT2D eigenvalue weighted by Gasteiger charge is 2.41. The van der Waals surface area contributed by atoms with Crippen molar-refractivity contribution in [2.75, 3.05) is 18.4 Å². The fourth-order valence-corrected chi connectivity index (χ4v) is 3.77. The minimum Gasteiger partial charge on any atom is -0.369 e. The number of pyridine rings is 1. The highest BCUT2D eigenvalue weighted by molar-refractivity contribution is 5.79. The molecule has 3 heterocycles. The number of nitrogens with zero attached hydrogens (tertiary/aromatic N) is 5. The van der Waals surface area contributed by atoms with Gasteiger partial charge in [0, 0.05) is 50.6 Å². The molecular formula is C19H24N6O. The van der Waals surface area contributed by atoms with Gasteiger partial charge in [0.25, 0.3) is 0 Å². The molecule has 2 atom stereocenters. The van der Waals surface area contributed by atoms with E-state index in [-0.39, 0.29) is 17.9 Å². The van der Waals surface area contributed by atoms with E-state index in [1.165, 1.54) is 0 Å². The van der Waals surface area contributed by atoms with Gasteiger partial charge in [-0.3, -0.25) is 4.79 Å². The summed E-state index contributed by atoms with van der Waals surface area (Å²) in [6.07, 6.45) is 4.12. The van der Waals surface area contributed by atoms with E-state index < -0.39 is 0 Å².